The van der Waals surface area contributed by atoms with E-state index in [0.717, 1.165) is 17.8 Å². The van der Waals surface area contributed by atoms with Gasteiger partial charge in [-0.3, -0.25) is 0 Å². The van der Waals surface area contributed by atoms with Gasteiger partial charge in [0, 0.05) is 19.7 Å². The Bertz CT molecular complexity index is 1360. The second kappa shape index (κ2) is 11.1. The summed E-state index contributed by atoms with van der Waals surface area (Å²) < 4.78 is 34.1. The molecule has 0 spiro atoms. The number of aromatic nitrogens is 6. The van der Waals surface area contributed by atoms with Gasteiger partial charge in [0.25, 0.3) is 0 Å². The minimum Gasteiger partial charge on any atom is -0.494 e. The van der Waals surface area contributed by atoms with Crippen LogP contribution in [0, 0.1) is 18.7 Å². The summed E-state index contributed by atoms with van der Waals surface area (Å²) in [5.41, 5.74) is 2.85. The molecule has 5 rings (SSSR count). The summed E-state index contributed by atoms with van der Waals surface area (Å²) in [6.45, 7) is 3.68. The van der Waals surface area contributed by atoms with Crippen molar-refractivity contribution in [2.24, 2.45) is 5.92 Å². The molecular formula is C27H31FN6O3. The summed E-state index contributed by atoms with van der Waals surface area (Å²) in [4.78, 5) is 4.89. The zero-order valence-electron chi connectivity index (χ0n) is 21.4. The summed E-state index contributed by atoms with van der Waals surface area (Å²) in [6, 6.07) is 12.2. The van der Waals surface area contributed by atoms with Crippen molar-refractivity contribution >= 4 is 0 Å². The van der Waals surface area contributed by atoms with Gasteiger partial charge in [-0.15, -0.1) is 10.2 Å². The number of para-hydroxylation sites is 1. The van der Waals surface area contributed by atoms with Crippen molar-refractivity contribution in [3.8, 4) is 40.1 Å². The van der Waals surface area contributed by atoms with Crippen molar-refractivity contribution < 1.29 is 18.6 Å². The lowest BCUT2D eigenvalue weighted by Gasteiger charge is -2.10. The normalized spacial score (nSPS) is 13.8. The highest BCUT2D eigenvalue weighted by molar-refractivity contribution is 5.67. The highest BCUT2D eigenvalue weighted by atomic mass is 19.1. The van der Waals surface area contributed by atoms with Gasteiger partial charge < -0.3 is 14.2 Å². The van der Waals surface area contributed by atoms with E-state index in [1.165, 1.54) is 38.9 Å². The number of halogens is 1. The van der Waals surface area contributed by atoms with Crippen molar-refractivity contribution in [2.45, 2.75) is 39.2 Å². The Hall–Kier alpha value is -3.79. The zero-order valence-corrected chi connectivity index (χ0v) is 21.4. The topological polar surface area (TPSA) is 89.1 Å². The predicted octanol–water partition coefficient (Wildman–Crippen LogP) is 4.86. The predicted molar refractivity (Wildman–Crippen MR) is 136 cm³/mol. The highest BCUT2D eigenvalue weighted by Crippen LogP contribution is 2.33. The van der Waals surface area contributed by atoms with Crippen LogP contribution in [0.25, 0.3) is 28.6 Å². The molecule has 2 heterocycles. The van der Waals surface area contributed by atoms with Crippen LogP contribution in [0.15, 0.2) is 42.5 Å². The van der Waals surface area contributed by atoms with Gasteiger partial charge in [0.15, 0.2) is 28.9 Å². The largest absolute Gasteiger partial charge is 0.494 e. The fourth-order valence-electron chi connectivity index (χ4n) is 4.73. The van der Waals surface area contributed by atoms with E-state index in [0.29, 0.717) is 47.9 Å². The first-order chi connectivity index (χ1) is 18.1. The molecule has 37 heavy (non-hydrogen) atoms. The van der Waals surface area contributed by atoms with Crippen LogP contribution in [-0.4, -0.2) is 57.2 Å². The lowest BCUT2D eigenvalue weighted by molar-refractivity contribution is 0.146. The summed E-state index contributed by atoms with van der Waals surface area (Å²) in [5, 5.41) is 13.8. The van der Waals surface area contributed by atoms with E-state index in [4.69, 9.17) is 24.3 Å². The number of methoxy groups -OCH3 is 2. The minimum absolute atomic E-state index is 0.116. The quantitative estimate of drug-likeness (QED) is 0.284. The van der Waals surface area contributed by atoms with Crippen LogP contribution in [0.4, 0.5) is 4.39 Å². The van der Waals surface area contributed by atoms with Crippen molar-refractivity contribution in [3.63, 3.8) is 0 Å². The van der Waals surface area contributed by atoms with Gasteiger partial charge >= 0.3 is 0 Å². The van der Waals surface area contributed by atoms with Gasteiger partial charge in [-0.1, -0.05) is 30.2 Å². The maximum absolute atomic E-state index is 14.2. The van der Waals surface area contributed by atoms with Crippen LogP contribution in [-0.2, 0) is 11.3 Å². The van der Waals surface area contributed by atoms with Crippen LogP contribution < -0.4 is 9.47 Å². The molecule has 0 N–H and O–H groups in total. The third-order valence-corrected chi connectivity index (χ3v) is 6.76. The van der Waals surface area contributed by atoms with E-state index in [-0.39, 0.29) is 5.75 Å². The molecule has 1 fully saturated rings. The van der Waals surface area contributed by atoms with Gasteiger partial charge in [-0.05, 0) is 49.9 Å². The maximum Gasteiger partial charge on any atom is 0.186 e. The van der Waals surface area contributed by atoms with E-state index in [2.05, 4.69) is 10.3 Å². The molecule has 2 aromatic heterocycles. The second-order valence-electron chi connectivity index (χ2n) is 9.18. The molecule has 1 aliphatic rings. The van der Waals surface area contributed by atoms with Crippen molar-refractivity contribution in [3.05, 3.63) is 54.0 Å². The van der Waals surface area contributed by atoms with Gasteiger partial charge in [-0.25, -0.2) is 18.7 Å². The molecule has 0 atom stereocenters. The Morgan fingerprint density at radius 1 is 1.03 bits per heavy atom. The molecule has 0 unspecified atom stereocenters. The molecule has 194 valence electrons. The van der Waals surface area contributed by atoms with E-state index in [1.807, 2.05) is 35.9 Å². The Kier molecular flexibility index (Phi) is 7.45. The monoisotopic (exact) mass is 506 g/mol. The molecule has 9 nitrogen and oxygen atoms in total. The van der Waals surface area contributed by atoms with Crippen LogP contribution in [0.3, 0.4) is 0 Å². The number of rotatable bonds is 10. The first-order valence-electron chi connectivity index (χ1n) is 12.5. The average Bonchev–Trinajstić information content (AvgIpc) is 3.66. The second-order valence-corrected chi connectivity index (χ2v) is 9.18. The SMILES string of the molecule is COCCOc1ccccc1-c1nc(-c2nnn(CC3CCCC3)c2C)n(-c2ccc(F)c(OC)c2)n1. The Morgan fingerprint density at radius 2 is 1.84 bits per heavy atom. The summed E-state index contributed by atoms with van der Waals surface area (Å²) >= 11 is 0. The van der Waals surface area contributed by atoms with Gasteiger partial charge in [-0.2, -0.15) is 0 Å². The summed E-state index contributed by atoms with van der Waals surface area (Å²) in [7, 11) is 3.06. The van der Waals surface area contributed by atoms with Gasteiger partial charge in [0.2, 0.25) is 0 Å². The third-order valence-electron chi connectivity index (χ3n) is 6.76. The molecule has 1 aliphatic carbocycles. The van der Waals surface area contributed by atoms with Crippen molar-refractivity contribution in [2.75, 3.05) is 27.4 Å². The summed E-state index contributed by atoms with van der Waals surface area (Å²) in [6.07, 6.45) is 4.96. The van der Waals surface area contributed by atoms with Crippen LogP contribution in [0.2, 0.25) is 0 Å². The van der Waals surface area contributed by atoms with Crippen LogP contribution in [0.1, 0.15) is 31.4 Å². The van der Waals surface area contributed by atoms with E-state index in [9.17, 15) is 4.39 Å². The first-order valence-corrected chi connectivity index (χ1v) is 12.5. The number of hydrogen-bond donors (Lipinski definition) is 0. The van der Waals surface area contributed by atoms with Crippen molar-refractivity contribution in [1.29, 1.82) is 0 Å². The molecule has 1 saturated carbocycles. The third kappa shape index (κ3) is 5.20. The lowest BCUT2D eigenvalue weighted by atomic mass is 10.1. The molecule has 0 aliphatic heterocycles. The fourth-order valence-corrected chi connectivity index (χ4v) is 4.73. The molecule has 0 saturated heterocycles. The number of nitrogens with zero attached hydrogens (tertiary/aromatic N) is 6. The maximum atomic E-state index is 14.2. The smallest absolute Gasteiger partial charge is 0.186 e. The Labute approximate surface area is 215 Å². The van der Waals surface area contributed by atoms with E-state index < -0.39 is 5.82 Å². The van der Waals surface area contributed by atoms with E-state index >= 15 is 0 Å². The molecule has 0 bridgehead atoms. The van der Waals surface area contributed by atoms with Crippen molar-refractivity contribution in [1.82, 2.24) is 29.8 Å². The number of hydrogen-bond acceptors (Lipinski definition) is 7. The molecule has 0 radical (unpaired) electrons. The summed E-state index contributed by atoms with van der Waals surface area (Å²) in [5.74, 6) is 1.87. The highest BCUT2D eigenvalue weighted by Gasteiger charge is 2.24. The van der Waals surface area contributed by atoms with E-state index in [1.54, 1.807) is 23.9 Å². The Morgan fingerprint density at radius 3 is 2.62 bits per heavy atom. The molecule has 10 heteroatoms. The standard InChI is InChI=1S/C27H31FN6O3/c1-18-25(30-32-33(18)17-19-8-4-5-9-19)27-29-26(21-10-6-7-11-23(21)37-15-14-35-2)31-34(27)20-12-13-22(28)24(16-20)36-3/h6-7,10-13,16,19H,4-5,8-9,14-15,17H2,1-3H3. The fraction of sp³-hybridized carbons (Fsp3) is 0.407. The van der Waals surface area contributed by atoms with Crippen LogP contribution in [0.5, 0.6) is 11.5 Å². The average molecular weight is 507 g/mol. The number of benzene rings is 2. The molecule has 2 aromatic carbocycles. The van der Waals surface area contributed by atoms with Gasteiger partial charge in [0.1, 0.15) is 12.4 Å². The molecule has 4 aromatic rings. The minimum atomic E-state index is -0.455. The zero-order chi connectivity index (χ0) is 25.8. The molecule has 0 amide bonds. The number of ether oxygens (including phenoxy) is 3. The Balaban J connectivity index is 1.60. The van der Waals surface area contributed by atoms with Crippen LogP contribution >= 0.6 is 0 Å². The first kappa shape index (κ1) is 24.9. The lowest BCUT2D eigenvalue weighted by Crippen LogP contribution is -2.10. The van der Waals surface area contributed by atoms with Gasteiger partial charge in [0.05, 0.1) is 30.7 Å². The molecular weight excluding hydrogens is 475 g/mol.